The molecule has 1 aromatic carbocycles. The van der Waals surface area contributed by atoms with Gasteiger partial charge in [-0.05, 0) is 25.0 Å². The first-order valence-corrected chi connectivity index (χ1v) is 6.81. The number of aromatic nitrogens is 2. The van der Waals surface area contributed by atoms with Crippen LogP contribution < -0.4 is 4.74 Å². The molecule has 0 radical (unpaired) electrons. The van der Waals surface area contributed by atoms with Crippen molar-refractivity contribution >= 4 is 23.2 Å². The zero-order valence-electron chi connectivity index (χ0n) is 10.4. The highest BCUT2D eigenvalue weighted by Gasteiger charge is 2.27. The van der Waals surface area contributed by atoms with Crippen LogP contribution in [0.4, 0.5) is 0 Å². The van der Waals surface area contributed by atoms with Gasteiger partial charge < -0.3 is 4.74 Å². The molecule has 1 aliphatic carbocycles. The minimum atomic E-state index is 0.464. The fourth-order valence-electron chi connectivity index (χ4n) is 1.93. The van der Waals surface area contributed by atoms with Gasteiger partial charge in [0.05, 0.1) is 17.8 Å². The molecule has 0 aliphatic heterocycles. The van der Waals surface area contributed by atoms with Crippen molar-refractivity contribution in [3.05, 3.63) is 40.3 Å². The van der Waals surface area contributed by atoms with Gasteiger partial charge in [-0.3, -0.25) is 0 Å². The van der Waals surface area contributed by atoms with Crippen molar-refractivity contribution in [2.45, 2.75) is 18.8 Å². The van der Waals surface area contributed by atoms with Crippen LogP contribution in [-0.4, -0.2) is 17.1 Å². The molecule has 1 heterocycles. The highest BCUT2D eigenvalue weighted by Crippen LogP contribution is 2.39. The van der Waals surface area contributed by atoms with Crippen LogP contribution >= 0.6 is 23.2 Å². The predicted octanol–water partition coefficient (Wildman–Crippen LogP) is 4.34. The molecular formula is C14H12Cl2N2O. The van der Waals surface area contributed by atoms with Gasteiger partial charge in [0.1, 0.15) is 16.7 Å². The molecule has 1 aliphatic rings. The molecular weight excluding hydrogens is 283 g/mol. The van der Waals surface area contributed by atoms with E-state index in [1.807, 2.05) is 12.1 Å². The molecule has 0 unspecified atom stereocenters. The van der Waals surface area contributed by atoms with Gasteiger partial charge in [0, 0.05) is 17.5 Å². The average Bonchev–Trinajstić information content (AvgIpc) is 3.23. The molecule has 1 fully saturated rings. The second-order valence-electron chi connectivity index (χ2n) is 4.56. The Hall–Kier alpha value is -1.32. The van der Waals surface area contributed by atoms with E-state index < -0.39 is 0 Å². The lowest BCUT2D eigenvalue weighted by molar-refractivity contribution is 0.415. The summed E-state index contributed by atoms with van der Waals surface area (Å²) in [5, 5.41) is 1.05. The van der Waals surface area contributed by atoms with Crippen molar-refractivity contribution in [2.75, 3.05) is 7.11 Å². The molecule has 5 heteroatoms. The Morgan fingerprint density at radius 2 is 1.95 bits per heavy atom. The summed E-state index contributed by atoms with van der Waals surface area (Å²) in [7, 11) is 1.59. The third-order valence-electron chi connectivity index (χ3n) is 3.10. The van der Waals surface area contributed by atoms with Gasteiger partial charge in [0.15, 0.2) is 0 Å². The number of halogens is 2. The summed E-state index contributed by atoms with van der Waals surface area (Å²) in [6.45, 7) is 0. The quantitative estimate of drug-likeness (QED) is 0.790. The van der Waals surface area contributed by atoms with Crippen molar-refractivity contribution in [2.24, 2.45) is 0 Å². The Bertz CT molecular complexity index is 627. The van der Waals surface area contributed by atoms with Gasteiger partial charge >= 0.3 is 0 Å². The number of rotatable bonds is 3. The number of ether oxygens (including phenoxy) is 1. The van der Waals surface area contributed by atoms with Crippen molar-refractivity contribution in [3.63, 3.8) is 0 Å². The fraction of sp³-hybridized carbons (Fsp3) is 0.286. The molecule has 0 N–H and O–H groups in total. The van der Waals surface area contributed by atoms with Crippen LogP contribution in [-0.2, 0) is 0 Å². The number of hydrogen-bond acceptors (Lipinski definition) is 3. The lowest BCUT2D eigenvalue weighted by atomic mass is 10.1. The molecule has 1 saturated carbocycles. The van der Waals surface area contributed by atoms with Gasteiger partial charge in [-0.1, -0.05) is 29.3 Å². The van der Waals surface area contributed by atoms with Gasteiger partial charge in [-0.15, -0.1) is 0 Å². The van der Waals surface area contributed by atoms with Gasteiger partial charge in [-0.25, -0.2) is 9.97 Å². The first-order chi connectivity index (χ1) is 9.17. The second kappa shape index (κ2) is 4.99. The molecule has 0 atom stereocenters. The lowest BCUT2D eigenvalue weighted by Gasteiger charge is -2.08. The van der Waals surface area contributed by atoms with Crippen LogP contribution in [0.25, 0.3) is 11.3 Å². The molecule has 2 aromatic rings. The standard InChI is InChI=1S/C14H12Cl2N2O/c1-19-12-6-9(4-5-10(12)15)11-7-13(16)18-14(17-11)8-2-3-8/h4-8H,2-3H2,1H3. The zero-order chi connectivity index (χ0) is 13.4. The SMILES string of the molecule is COc1cc(-c2cc(Cl)nc(C3CC3)n2)ccc1Cl. The first-order valence-electron chi connectivity index (χ1n) is 6.06. The van der Waals surface area contributed by atoms with Gasteiger partial charge in [0.2, 0.25) is 0 Å². The minimum absolute atomic E-state index is 0.464. The number of nitrogens with zero attached hydrogens (tertiary/aromatic N) is 2. The van der Waals surface area contributed by atoms with E-state index in [1.165, 1.54) is 0 Å². The summed E-state index contributed by atoms with van der Waals surface area (Å²) in [6.07, 6.45) is 2.29. The van der Waals surface area contributed by atoms with E-state index in [9.17, 15) is 0 Å². The molecule has 19 heavy (non-hydrogen) atoms. The highest BCUT2D eigenvalue weighted by atomic mass is 35.5. The molecule has 0 spiro atoms. The molecule has 98 valence electrons. The van der Waals surface area contributed by atoms with Crippen molar-refractivity contribution < 1.29 is 4.74 Å². The van der Waals surface area contributed by atoms with Crippen LogP contribution in [0.3, 0.4) is 0 Å². The first kappa shape index (κ1) is 12.7. The van der Waals surface area contributed by atoms with E-state index in [1.54, 1.807) is 19.2 Å². The largest absolute Gasteiger partial charge is 0.495 e. The van der Waals surface area contributed by atoms with Crippen LogP contribution in [0.2, 0.25) is 10.2 Å². The number of methoxy groups -OCH3 is 1. The molecule has 0 saturated heterocycles. The second-order valence-corrected chi connectivity index (χ2v) is 5.35. The van der Waals surface area contributed by atoms with Crippen LogP contribution in [0.15, 0.2) is 24.3 Å². The van der Waals surface area contributed by atoms with E-state index >= 15 is 0 Å². The summed E-state index contributed by atoms with van der Waals surface area (Å²) in [5.74, 6) is 1.92. The fourth-order valence-corrected chi connectivity index (χ4v) is 2.31. The maximum Gasteiger partial charge on any atom is 0.138 e. The predicted molar refractivity (Wildman–Crippen MR) is 76.0 cm³/mol. The molecule has 0 bridgehead atoms. The molecule has 1 aromatic heterocycles. The Kier molecular flexibility index (Phi) is 3.33. The normalized spacial score (nSPS) is 14.5. The lowest BCUT2D eigenvalue weighted by Crippen LogP contribution is -1.96. The monoisotopic (exact) mass is 294 g/mol. The molecule has 3 nitrogen and oxygen atoms in total. The molecule has 3 rings (SSSR count). The highest BCUT2D eigenvalue weighted by molar-refractivity contribution is 6.32. The Morgan fingerprint density at radius 1 is 1.16 bits per heavy atom. The summed E-state index contributed by atoms with van der Waals surface area (Å²) >= 11 is 12.1. The van der Waals surface area contributed by atoms with Gasteiger partial charge in [0.25, 0.3) is 0 Å². The van der Waals surface area contributed by atoms with Crippen LogP contribution in [0.1, 0.15) is 24.6 Å². The van der Waals surface area contributed by atoms with Crippen LogP contribution in [0.5, 0.6) is 5.75 Å². The number of hydrogen-bond donors (Lipinski definition) is 0. The summed E-state index contributed by atoms with van der Waals surface area (Å²) < 4.78 is 5.22. The minimum Gasteiger partial charge on any atom is -0.495 e. The number of benzene rings is 1. The molecule has 0 amide bonds. The Balaban J connectivity index is 2.05. The van der Waals surface area contributed by atoms with Crippen molar-refractivity contribution in [1.82, 2.24) is 9.97 Å². The van der Waals surface area contributed by atoms with E-state index in [0.29, 0.717) is 21.8 Å². The van der Waals surface area contributed by atoms with Crippen molar-refractivity contribution in [3.8, 4) is 17.0 Å². The summed E-state index contributed by atoms with van der Waals surface area (Å²) in [6, 6.07) is 7.32. The Morgan fingerprint density at radius 3 is 2.63 bits per heavy atom. The maximum atomic E-state index is 6.07. The van der Waals surface area contributed by atoms with E-state index in [4.69, 9.17) is 27.9 Å². The van der Waals surface area contributed by atoms with Crippen LogP contribution in [0, 0.1) is 0 Å². The van der Waals surface area contributed by atoms with Crippen molar-refractivity contribution in [1.29, 1.82) is 0 Å². The average molecular weight is 295 g/mol. The van der Waals surface area contributed by atoms with E-state index in [0.717, 1.165) is 29.9 Å². The third kappa shape index (κ3) is 2.67. The smallest absolute Gasteiger partial charge is 0.138 e. The van der Waals surface area contributed by atoms with Gasteiger partial charge in [-0.2, -0.15) is 0 Å². The zero-order valence-corrected chi connectivity index (χ0v) is 11.9. The topological polar surface area (TPSA) is 35.0 Å². The maximum absolute atomic E-state index is 6.07. The summed E-state index contributed by atoms with van der Waals surface area (Å²) in [4.78, 5) is 8.86. The summed E-state index contributed by atoms with van der Waals surface area (Å²) in [5.41, 5.74) is 1.73. The third-order valence-corrected chi connectivity index (χ3v) is 3.61. The van der Waals surface area contributed by atoms with E-state index in [-0.39, 0.29) is 0 Å². The van der Waals surface area contributed by atoms with E-state index in [2.05, 4.69) is 9.97 Å². The Labute approximate surface area is 121 Å².